The van der Waals surface area contributed by atoms with Crippen LogP contribution in [0.4, 0.5) is 0 Å². The lowest BCUT2D eigenvalue weighted by atomic mass is 10.1. The van der Waals surface area contributed by atoms with E-state index in [4.69, 9.17) is 4.74 Å². The molecule has 0 amide bonds. The highest BCUT2D eigenvalue weighted by molar-refractivity contribution is 5.97. The molecule has 0 spiro atoms. The SMILES string of the molecule is Cc1nonc1COc1cc2ccccc2cc1C(=O)O. The van der Waals surface area contributed by atoms with Crippen molar-refractivity contribution in [1.29, 1.82) is 0 Å². The molecule has 106 valence electrons. The van der Waals surface area contributed by atoms with Crippen LogP contribution in [0.15, 0.2) is 41.0 Å². The van der Waals surface area contributed by atoms with Gasteiger partial charge in [0.25, 0.3) is 0 Å². The second-order valence-electron chi connectivity index (χ2n) is 4.59. The molecule has 0 saturated carbocycles. The fourth-order valence-electron chi connectivity index (χ4n) is 2.03. The molecule has 1 heterocycles. The molecule has 2 aromatic carbocycles. The Labute approximate surface area is 119 Å². The zero-order valence-electron chi connectivity index (χ0n) is 11.2. The van der Waals surface area contributed by atoms with Crippen molar-refractivity contribution in [2.24, 2.45) is 0 Å². The fraction of sp³-hybridized carbons (Fsp3) is 0.133. The number of carboxylic acids is 1. The van der Waals surface area contributed by atoms with E-state index in [-0.39, 0.29) is 12.2 Å². The molecular weight excluding hydrogens is 272 g/mol. The maximum absolute atomic E-state index is 11.4. The van der Waals surface area contributed by atoms with E-state index >= 15 is 0 Å². The van der Waals surface area contributed by atoms with Gasteiger partial charge in [-0.2, -0.15) is 0 Å². The number of hydrogen-bond acceptors (Lipinski definition) is 5. The minimum atomic E-state index is -1.04. The number of ether oxygens (including phenoxy) is 1. The third-order valence-corrected chi connectivity index (χ3v) is 3.19. The molecule has 1 N–H and O–H groups in total. The average molecular weight is 284 g/mol. The summed E-state index contributed by atoms with van der Waals surface area (Å²) in [5.74, 6) is -0.741. The van der Waals surface area contributed by atoms with Crippen molar-refractivity contribution in [3.63, 3.8) is 0 Å². The van der Waals surface area contributed by atoms with Crippen molar-refractivity contribution in [2.45, 2.75) is 13.5 Å². The molecule has 0 unspecified atom stereocenters. The van der Waals surface area contributed by atoms with E-state index in [9.17, 15) is 9.90 Å². The molecule has 3 rings (SSSR count). The Morgan fingerprint density at radius 2 is 1.95 bits per heavy atom. The van der Waals surface area contributed by atoms with Gasteiger partial charge >= 0.3 is 5.97 Å². The topological polar surface area (TPSA) is 85.5 Å². The number of benzene rings is 2. The summed E-state index contributed by atoms with van der Waals surface area (Å²) in [6.45, 7) is 1.85. The van der Waals surface area contributed by atoms with Crippen LogP contribution in [-0.2, 0) is 6.61 Å². The summed E-state index contributed by atoms with van der Waals surface area (Å²) in [4.78, 5) is 11.4. The number of fused-ring (bicyclic) bond motifs is 1. The molecule has 3 aromatic rings. The maximum atomic E-state index is 11.4. The molecule has 0 radical (unpaired) electrons. The summed E-state index contributed by atoms with van der Waals surface area (Å²) in [5, 5.41) is 18.4. The minimum absolute atomic E-state index is 0.105. The van der Waals surface area contributed by atoms with Crippen LogP contribution in [0.2, 0.25) is 0 Å². The van der Waals surface area contributed by atoms with Gasteiger partial charge in [-0.3, -0.25) is 0 Å². The van der Waals surface area contributed by atoms with E-state index in [1.807, 2.05) is 24.3 Å². The van der Waals surface area contributed by atoms with Gasteiger partial charge in [-0.05, 0) is 29.8 Å². The van der Waals surface area contributed by atoms with Gasteiger partial charge in [0.1, 0.15) is 29.3 Å². The molecule has 0 aliphatic rings. The third kappa shape index (κ3) is 2.55. The standard InChI is InChI=1S/C15H12N2O4/c1-9-13(17-21-16-9)8-20-14-7-11-5-3-2-4-10(11)6-12(14)15(18)19/h2-7H,8H2,1H3,(H,18,19). The molecule has 0 aliphatic heterocycles. The summed E-state index contributed by atoms with van der Waals surface area (Å²) in [5.41, 5.74) is 1.27. The van der Waals surface area contributed by atoms with E-state index in [2.05, 4.69) is 14.9 Å². The van der Waals surface area contributed by atoms with Crippen LogP contribution < -0.4 is 4.74 Å². The van der Waals surface area contributed by atoms with E-state index in [1.165, 1.54) is 0 Å². The van der Waals surface area contributed by atoms with Gasteiger partial charge in [0, 0.05) is 0 Å². The number of carboxylic acid groups (broad SMARTS) is 1. The minimum Gasteiger partial charge on any atom is -0.486 e. The molecule has 0 aliphatic carbocycles. The van der Waals surface area contributed by atoms with Crippen LogP contribution >= 0.6 is 0 Å². The quantitative estimate of drug-likeness (QED) is 0.792. The fourth-order valence-corrected chi connectivity index (χ4v) is 2.03. The lowest BCUT2D eigenvalue weighted by Crippen LogP contribution is -2.04. The Bertz CT molecular complexity index is 810. The van der Waals surface area contributed by atoms with E-state index < -0.39 is 5.97 Å². The van der Waals surface area contributed by atoms with Crippen LogP contribution in [0, 0.1) is 6.92 Å². The molecular formula is C15H12N2O4. The lowest BCUT2D eigenvalue weighted by Gasteiger charge is -2.09. The lowest BCUT2D eigenvalue weighted by molar-refractivity contribution is 0.0692. The first-order valence-corrected chi connectivity index (χ1v) is 6.32. The molecule has 0 fully saturated rings. The van der Waals surface area contributed by atoms with Crippen LogP contribution in [0.3, 0.4) is 0 Å². The Morgan fingerprint density at radius 1 is 1.24 bits per heavy atom. The number of aryl methyl sites for hydroxylation is 1. The van der Waals surface area contributed by atoms with Gasteiger partial charge in [0.15, 0.2) is 0 Å². The van der Waals surface area contributed by atoms with Crippen molar-refractivity contribution >= 4 is 16.7 Å². The van der Waals surface area contributed by atoms with E-state index in [1.54, 1.807) is 19.1 Å². The van der Waals surface area contributed by atoms with Crippen molar-refractivity contribution in [1.82, 2.24) is 10.3 Å². The second kappa shape index (κ2) is 5.24. The smallest absolute Gasteiger partial charge is 0.339 e. The molecule has 6 nitrogen and oxygen atoms in total. The van der Waals surface area contributed by atoms with E-state index in [0.29, 0.717) is 17.1 Å². The highest BCUT2D eigenvalue weighted by Gasteiger charge is 2.14. The molecule has 6 heteroatoms. The number of carbonyl (C=O) groups is 1. The molecule has 0 bridgehead atoms. The monoisotopic (exact) mass is 284 g/mol. The predicted octanol–water partition coefficient (Wildman–Crippen LogP) is 2.81. The van der Waals surface area contributed by atoms with Crippen molar-refractivity contribution in [2.75, 3.05) is 0 Å². The number of aromatic nitrogens is 2. The zero-order chi connectivity index (χ0) is 14.8. The van der Waals surface area contributed by atoms with Crippen LogP contribution in [0.25, 0.3) is 10.8 Å². The molecule has 0 saturated heterocycles. The molecule has 21 heavy (non-hydrogen) atoms. The van der Waals surface area contributed by atoms with Crippen molar-refractivity contribution in [3.8, 4) is 5.75 Å². The Balaban J connectivity index is 1.97. The van der Waals surface area contributed by atoms with Gasteiger partial charge in [-0.25, -0.2) is 9.42 Å². The normalized spacial score (nSPS) is 10.7. The average Bonchev–Trinajstić information content (AvgIpc) is 2.89. The van der Waals surface area contributed by atoms with E-state index in [0.717, 1.165) is 10.8 Å². The van der Waals surface area contributed by atoms with Crippen LogP contribution in [0.5, 0.6) is 5.75 Å². The van der Waals surface area contributed by atoms with Crippen molar-refractivity contribution < 1.29 is 19.3 Å². The molecule has 0 atom stereocenters. The Kier molecular flexibility index (Phi) is 3.27. The highest BCUT2D eigenvalue weighted by Crippen LogP contribution is 2.27. The highest BCUT2D eigenvalue weighted by atomic mass is 16.6. The van der Waals surface area contributed by atoms with Gasteiger partial charge < -0.3 is 9.84 Å². The van der Waals surface area contributed by atoms with Gasteiger partial charge in [0.2, 0.25) is 0 Å². The Hall–Kier alpha value is -2.89. The van der Waals surface area contributed by atoms with Crippen LogP contribution in [0.1, 0.15) is 21.7 Å². The number of nitrogens with zero attached hydrogens (tertiary/aromatic N) is 2. The van der Waals surface area contributed by atoms with Gasteiger partial charge in [0.05, 0.1) is 0 Å². The first-order valence-electron chi connectivity index (χ1n) is 6.32. The Morgan fingerprint density at radius 3 is 2.57 bits per heavy atom. The first-order chi connectivity index (χ1) is 10.1. The number of aromatic carboxylic acids is 1. The number of rotatable bonds is 4. The summed E-state index contributed by atoms with van der Waals surface area (Å²) in [6.07, 6.45) is 0. The summed E-state index contributed by atoms with van der Waals surface area (Å²) < 4.78 is 10.2. The van der Waals surface area contributed by atoms with Gasteiger partial charge in [-0.1, -0.05) is 34.6 Å². The largest absolute Gasteiger partial charge is 0.486 e. The molecule has 1 aromatic heterocycles. The van der Waals surface area contributed by atoms with Gasteiger partial charge in [-0.15, -0.1) is 0 Å². The zero-order valence-corrected chi connectivity index (χ0v) is 11.2. The predicted molar refractivity (Wildman–Crippen MR) is 74.3 cm³/mol. The van der Waals surface area contributed by atoms with Crippen molar-refractivity contribution in [3.05, 3.63) is 53.3 Å². The third-order valence-electron chi connectivity index (χ3n) is 3.19. The summed E-state index contributed by atoms with van der Waals surface area (Å²) >= 11 is 0. The summed E-state index contributed by atoms with van der Waals surface area (Å²) in [7, 11) is 0. The van der Waals surface area contributed by atoms with Crippen LogP contribution in [-0.4, -0.2) is 21.4 Å². The summed E-state index contributed by atoms with van der Waals surface area (Å²) in [6, 6.07) is 10.8. The maximum Gasteiger partial charge on any atom is 0.339 e. The first kappa shape index (κ1) is 13.1. The second-order valence-corrected chi connectivity index (χ2v) is 4.59. The number of hydrogen-bond donors (Lipinski definition) is 1.